The Morgan fingerprint density at radius 3 is 3.00 bits per heavy atom. The molecule has 0 radical (unpaired) electrons. The number of ether oxygens (including phenoxy) is 1. The predicted molar refractivity (Wildman–Crippen MR) is 59.8 cm³/mol. The molecule has 4 N–H and O–H groups in total. The van der Waals surface area contributed by atoms with E-state index < -0.39 is 11.9 Å². The number of nitrogen functional groups attached to an aromatic ring is 1. The second-order valence-corrected chi connectivity index (χ2v) is 3.64. The second-order valence-electron chi connectivity index (χ2n) is 3.64. The molecule has 0 saturated carbocycles. The van der Waals surface area contributed by atoms with Crippen molar-refractivity contribution in [2.24, 2.45) is 5.73 Å². The molecule has 16 heavy (non-hydrogen) atoms. The van der Waals surface area contributed by atoms with Gasteiger partial charge in [-0.1, -0.05) is 0 Å². The van der Waals surface area contributed by atoms with E-state index in [-0.39, 0.29) is 0 Å². The lowest BCUT2D eigenvalue weighted by Gasteiger charge is -2.34. The smallest absolute Gasteiger partial charge is 0.242 e. The molecule has 1 unspecified atom stereocenters. The molecule has 6 nitrogen and oxygen atoms in total. The van der Waals surface area contributed by atoms with Gasteiger partial charge in [-0.25, -0.2) is 4.98 Å². The fourth-order valence-electron chi connectivity index (χ4n) is 1.68. The first kappa shape index (κ1) is 10.7. The van der Waals surface area contributed by atoms with Gasteiger partial charge in [-0.05, 0) is 12.1 Å². The minimum Gasteiger partial charge on any atom is -0.397 e. The van der Waals surface area contributed by atoms with Gasteiger partial charge < -0.3 is 21.1 Å². The van der Waals surface area contributed by atoms with Crippen molar-refractivity contribution in [1.82, 2.24) is 4.98 Å². The van der Waals surface area contributed by atoms with Crippen molar-refractivity contribution in [3.63, 3.8) is 0 Å². The van der Waals surface area contributed by atoms with Gasteiger partial charge in [-0.2, -0.15) is 0 Å². The van der Waals surface area contributed by atoms with Crippen LogP contribution in [0.1, 0.15) is 0 Å². The molecule has 1 fully saturated rings. The van der Waals surface area contributed by atoms with Crippen LogP contribution < -0.4 is 16.4 Å². The van der Waals surface area contributed by atoms with Gasteiger partial charge in [-0.3, -0.25) is 4.79 Å². The number of morpholine rings is 1. The Morgan fingerprint density at radius 2 is 2.38 bits per heavy atom. The van der Waals surface area contributed by atoms with Crippen LogP contribution in [-0.2, 0) is 9.53 Å². The van der Waals surface area contributed by atoms with Gasteiger partial charge in [0.1, 0.15) is 11.9 Å². The Labute approximate surface area is 93.2 Å². The van der Waals surface area contributed by atoms with Gasteiger partial charge in [0.15, 0.2) is 0 Å². The molecule has 1 aliphatic rings. The molecule has 1 aromatic rings. The van der Waals surface area contributed by atoms with Gasteiger partial charge in [0.2, 0.25) is 5.91 Å². The lowest BCUT2D eigenvalue weighted by molar-refractivity contribution is -0.121. The summed E-state index contributed by atoms with van der Waals surface area (Å²) in [6.07, 6.45) is 1.56. The molecular weight excluding hydrogens is 208 g/mol. The number of primary amides is 1. The summed E-state index contributed by atoms with van der Waals surface area (Å²) in [4.78, 5) is 17.3. The Hall–Kier alpha value is -1.82. The quantitative estimate of drug-likeness (QED) is 0.693. The van der Waals surface area contributed by atoms with Crippen molar-refractivity contribution in [1.29, 1.82) is 0 Å². The Balaban J connectivity index is 2.23. The first-order valence-corrected chi connectivity index (χ1v) is 5.03. The molecule has 2 heterocycles. The maximum Gasteiger partial charge on any atom is 0.242 e. The molecule has 2 rings (SSSR count). The van der Waals surface area contributed by atoms with Crippen molar-refractivity contribution >= 4 is 17.4 Å². The third kappa shape index (κ3) is 2.06. The lowest BCUT2D eigenvalue weighted by atomic mass is 10.2. The molecule has 1 saturated heterocycles. The number of nitrogens with zero attached hydrogens (tertiary/aromatic N) is 2. The van der Waals surface area contributed by atoms with E-state index in [1.807, 2.05) is 4.90 Å². The van der Waals surface area contributed by atoms with Crippen LogP contribution >= 0.6 is 0 Å². The first-order chi connectivity index (χ1) is 7.68. The van der Waals surface area contributed by atoms with E-state index in [2.05, 4.69) is 4.98 Å². The normalized spacial score (nSPS) is 20.8. The number of hydrogen-bond donors (Lipinski definition) is 2. The van der Waals surface area contributed by atoms with Crippen LogP contribution in [0.5, 0.6) is 0 Å². The molecule has 1 atom stereocenters. The highest BCUT2D eigenvalue weighted by molar-refractivity contribution is 5.83. The number of nitrogens with two attached hydrogens (primary N) is 2. The predicted octanol–water partition coefficient (Wildman–Crippen LogP) is -0.646. The summed E-state index contributed by atoms with van der Waals surface area (Å²) < 4.78 is 5.22. The number of rotatable bonds is 2. The molecule has 6 heteroatoms. The van der Waals surface area contributed by atoms with Crippen molar-refractivity contribution in [2.75, 3.05) is 30.4 Å². The Kier molecular flexibility index (Phi) is 2.91. The van der Waals surface area contributed by atoms with Gasteiger partial charge in [0, 0.05) is 6.54 Å². The SMILES string of the molecule is NC(=O)C1COCCN1c1ccc(N)cn1. The Bertz CT molecular complexity index is 379. The number of pyridine rings is 1. The molecule has 1 aromatic heterocycles. The van der Waals surface area contributed by atoms with Crippen LogP contribution in [0.4, 0.5) is 11.5 Å². The molecule has 1 amide bonds. The minimum absolute atomic E-state index is 0.307. The summed E-state index contributed by atoms with van der Waals surface area (Å²) in [5.74, 6) is 0.291. The first-order valence-electron chi connectivity index (χ1n) is 5.03. The molecule has 0 aromatic carbocycles. The summed E-state index contributed by atoms with van der Waals surface area (Å²) in [6, 6.07) is 3.07. The molecule has 0 aliphatic carbocycles. The van der Waals surface area contributed by atoms with E-state index >= 15 is 0 Å². The van der Waals surface area contributed by atoms with E-state index in [1.54, 1.807) is 18.3 Å². The summed E-state index contributed by atoms with van der Waals surface area (Å²) in [5.41, 5.74) is 11.5. The average molecular weight is 222 g/mol. The molecular formula is C10H14N4O2. The summed E-state index contributed by atoms with van der Waals surface area (Å²) >= 11 is 0. The number of aromatic nitrogens is 1. The van der Waals surface area contributed by atoms with Crippen LogP contribution in [0.15, 0.2) is 18.3 Å². The summed E-state index contributed by atoms with van der Waals surface area (Å²) in [6.45, 7) is 1.47. The fourth-order valence-corrected chi connectivity index (χ4v) is 1.68. The maximum atomic E-state index is 11.3. The fraction of sp³-hybridized carbons (Fsp3) is 0.400. The Morgan fingerprint density at radius 1 is 1.56 bits per heavy atom. The lowest BCUT2D eigenvalue weighted by Crippen LogP contribution is -2.52. The van der Waals surface area contributed by atoms with E-state index in [0.717, 1.165) is 0 Å². The van der Waals surface area contributed by atoms with E-state index in [0.29, 0.717) is 31.3 Å². The molecule has 86 valence electrons. The highest BCUT2D eigenvalue weighted by Crippen LogP contribution is 2.17. The standard InChI is InChI=1S/C10H14N4O2/c11-7-1-2-9(13-5-7)14-3-4-16-6-8(14)10(12)15/h1-2,5,8H,3-4,6,11H2,(H2,12,15). The van der Waals surface area contributed by atoms with Crippen molar-refractivity contribution in [2.45, 2.75) is 6.04 Å². The zero-order valence-electron chi connectivity index (χ0n) is 8.80. The van der Waals surface area contributed by atoms with E-state index in [4.69, 9.17) is 16.2 Å². The monoisotopic (exact) mass is 222 g/mol. The number of anilines is 2. The van der Waals surface area contributed by atoms with Crippen molar-refractivity contribution < 1.29 is 9.53 Å². The zero-order valence-corrected chi connectivity index (χ0v) is 8.80. The molecule has 1 aliphatic heterocycles. The molecule has 0 spiro atoms. The van der Waals surface area contributed by atoms with Crippen LogP contribution in [-0.4, -0.2) is 36.7 Å². The summed E-state index contributed by atoms with van der Waals surface area (Å²) in [5, 5.41) is 0. The van der Waals surface area contributed by atoms with Crippen molar-refractivity contribution in [3.05, 3.63) is 18.3 Å². The average Bonchev–Trinajstić information content (AvgIpc) is 2.30. The van der Waals surface area contributed by atoms with Crippen LogP contribution in [0, 0.1) is 0 Å². The second kappa shape index (κ2) is 4.36. The third-order valence-electron chi connectivity index (χ3n) is 2.52. The van der Waals surface area contributed by atoms with Gasteiger partial charge in [0.05, 0.1) is 25.1 Å². The maximum absolute atomic E-state index is 11.3. The highest BCUT2D eigenvalue weighted by Gasteiger charge is 2.28. The number of hydrogen-bond acceptors (Lipinski definition) is 5. The topological polar surface area (TPSA) is 94.5 Å². The van der Waals surface area contributed by atoms with Gasteiger partial charge in [-0.15, -0.1) is 0 Å². The minimum atomic E-state index is -0.454. The molecule has 0 bridgehead atoms. The number of amides is 1. The van der Waals surface area contributed by atoms with Gasteiger partial charge >= 0.3 is 0 Å². The number of carbonyl (C=O) groups excluding carboxylic acids is 1. The largest absolute Gasteiger partial charge is 0.397 e. The van der Waals surface area contributed by atoms with Crippen molar-refractivity contribution in [3.8, 4) is 0 Å². The van der Waals surface area contributed by atoms with E-state index in [9.17, 15) is 4.79 Å². The third-order valence-corrected chi connectivity index (χ3v) is 2.52. The van der Waals surface area contributed by atoms with Crippen LogP contribution in [0.2, 0.25) is 0 Å². The summed E-state index contributed by atoms with van der Waals surface area (Å²) in [7, 11) is 0. The zero-order chi connectivity index (χ0) is 11.5. The number of carbonyl (C=O) groups is 1. The van der Waals surface area contributed by atoms with E-state index in [1.165, 1.54) is 0 Å². The van der Waals surface area contributed by atoms with Crippen LogP contribution in [0.25, 0.3) is 0 Å². The van der Waals surface area contributed by atoms with Crippen LogP contribution in [0.3, 0.4) is 0 Å². The highest BCUT2D eigenvalue weighted by atomic mass is 16.5. The van der Waals surface area contributed by atoms with Gasteiger partial charge in [0.25, 0.3) is 0 Å².